The molecule has 0 amide bonds. The van der Waals surface area contributed by atoms with Crippen molar-refractivity contribution in [2.24, 2.45) is 0 Å². The van der Waals surface area contributed by atoms with E-state index >= 15 is 0 Å². The minimum absolute atomic E-state index is 0.988. The van der Waals surface area contributed by atoms with Crippen molar-refractivity contribution in [1.82, 2.24) is 0 Å². The molecule has 0 saturated heterocycles. The summed E-state index contributed by atoms with van der Waals surface area (Å²) in [5.74, 6) is 0. The van der Waals surface area contributed by atoms with Gasteiger partial charge in [-0.05, 0) is 6.92 Å². The van der Waals surface area contributed by atoms with Crippen LogP contribution in [0.5, 0.6) is 0 Å². The van der Waals surface area contributed by atoms with Crippen molar-refractivity contribution in [2.75, 3.05) is 0 Å². The SMILES string of the molecule is C/C=C(/C#N)[Si](C)(C)C. The fraction of sp³-hybridized carbons (Fsp3) is 0.571. The first-order valence-corrected chi connectivity index (χ1v) is 6.59. The summed E-state index contributed by atoms with van der Waals surface area (Å²) < 4.78 is 0. The van der Waals surface area contributed by atoms with Gasteiger partial charge in [0, 0.05) is 5.20 Å². The first-order chi connectivity index (χ1) is 4.02. The van der Waals surface area contributed by atoms with E-state index in [-0.39, 0.29) is 0 Å². The molecule has 1 nitrogen and oxygen atoms in total. The third-order valence-corrected chi connectivity index (χ3v) is 3.23. The molecule has 0 radical (unpaired) electrons. The van der Waals surface area contributed by atoms with Crippen molar-refractivity contribution >= 4 is 8.07 Å². The maximum atomic E-state index is 8.58. The molecule has 0 aromatic carbocycles. The Morgan fingerprint density at radius 2 is 1.89 bits per heavy atom. The van der Waals surface area contributed by atoms with Crippen LogP contribution in [0.3, 0.4) is 0 Å². The van der Waals surface area contributed by atoms with Crippen LogP contribution < -0.4 is 0 Å². The molecule has 50 valence electrons. The number of allylic oxidation sites excluding steroid dienone is 2. The van der Waals surface area contributed by atoms with E-state index in [1.54, 1.807) is 0 Å². The van der Waals surface area contributed by atoms with E-state index < -0.39 is 8.07 Å². The number of rotatable bonds is 1. The molecule has 0 bridgehead atoms. The van der Waals surface area contributed by atoms with Crippen LogP contribution in [0.2, 0.25) is 19.6 Å². The fourth-order valence-corrected chi connectivity index (χ4v) is 1.87. The maximum Gasteiger partial charge on any atom is 0.0907 e. The summed E-state index contributed by atoms with van der Waals surface area (Å²) in [5.41, 5.74) is 0. The summed E-state index contributed by atoms with van der Waals surface area (Å²) in [6.07, 6.45) is 1.92. The minimum Gasteiger partial charge on any atom is -0.193 e. The lowest BCUT2D eigenvalue weighted by molar-refractivity contribution is 1.49. The second-order valence-corrected chi connectivity index (χ2v) is 8.10. The summed E-state index contributed by atoms with van der Waals surface area (Å²) in [7, 11) is -1.29. The van der Waals surface area contributed by atoms with Gasteiger partial charge < -0.3 is 0 Å². The molecular formula is C7H13NSi. The summed E-state index contributed by atoms with van der Waals surface area (Å²) in [4.78, 5) is 0. The van der Waals surface area contributed by atoms with Crippen LogP contribution in [0.25, 0.3) is 0 Å². The molecule has 9 heavy (non-hydrogen) atoms. The minimum atomic E-state index is -1.29. The van der Waals surface area contributed by atoms with Crippen molar-refractivity contribution in [2.45, 2.75) is 26.6 Å². The van der Waals surface area contributed by atoms with Crippen LogP contribution in [-0.2, 0) is 0 Å². The first kappa shape index (κ1) is 8.45. The van der Waals surface area contributed by atoms with Gasteiger partial charge in [-0.3, -0.25) is 0 Å². The van der Waals surface area contributed by atoms with Crippen LogP contribution in [0.1, 0.15) is 6.92 Å². The molecular weight excluding hydrogens is 126 g/mol. The fourth-order valence-electron chi connectivity index (χ4n) is 0.665. The Morgan fingerprint density at radius 3 is 1.89 bits per heavy atom. The average Bonchev–Trinajstić information content (AvgIpc) is 1.65. The lowest BCUT2D eigenvalue weighted by Gasteiger charge is -2.12. The number of hydrogen-bond donors (Lipinski definition) is 0. The van der Waals surface area contributed by atoms with E-state index in [1.165, 1.54) is 0 Å². The summed E-state index contributed by atoms with van der Waals surface area (Å²) in [6.45, 7) is 8.44. The topological polar surface area (TPSA) is 23.8 Å². The zero-order chi connectivity index (χ0) is 7.49. The molecule has 0 rings (SSSR count). The maximum absolute atomic E-state index is 8.58. The van der Waals surface area contributed by atoms with Crippen molar-refractivity contribution in [3.63, 3.8) is 0 Å². The predicted octanol–water partition coefficient (Wildman–Crippen LogP) is 2.33. The summed E-state index contributed by atoms with van der Waals surface area (Å²) in [5, 5.41) is 9.57. The Hall–Kier alpha value is -0.553. The zero-order valence-electron chi connectivity index (χ0n) is 6.52. The van der Waals surface area contributed by atoms with Gasteiger partial charge >= 0.3 is 0 Å². The van der Waals surface area contributed by atoms with E-state index in [1.807, 2.05) is 13.0 Å². The smallest absolute Gasteiger partial charge is 0.0907 e. The molecule has 0 aromatic heterocycles. The van der Waals surface area contributed by atoms with Gasteiger partial charge in [-0.1, -0.05) is 25.7 Å². The van der Waals surface area contributed by atoms with E-state index in [4.69, 9.17) is 5.26 Å². The number of nitriles is 1. The Bertz CT molecular complexity index is 157. The highest BCUT2D eigenvalue weighted by molar-refractivity contribution is 6.84. The molecule has 0 aliphatic rings. The van der Waals surface area contributed by atoms with E-state index in [0.717, 1.165) is 5.20 Å². The van der Waals surface area contributed by atoms with Crippen molar-refractivity contribution in [3.8, 4) is 6.07 Å². The van der Waals surface area contributed by atoms with Crippen LogP contribution in [0, 0.1) is 11.3 Å². The lowest BCUT2D eigenvalue weighted by Crippen LogP contribution is -2.22. The highest BCUT2D eigenvalue weighted by Crippen LogP contribution is 2.12. The van der Waals surface area contributed by atoms with Gasteiger partial charge in [0.15, 0.2) is 0 Å². The van der Waals surface area contributed by atoms with Crippen LogP contribution in [0.15, 0.2) is 11.3 Å². The zero-order valence-corrected chi connectivity index (χ0v) is 7.52. The molecule has 2 heteroatoms. The Morgan fingerprint density at radius 1 is 1.44 bits per heavy atom. The molecule has 0 fully saturated rings. The Labute approximate surface area is 58.0 Å². The summed E-state index contributed by atoms with van der Waals surface area (Å²) >= 11 is 0. The predicted molar refractivity (Wildman–Crippen MR) is 42.7 cm³/mol. The van der Waals surface area contributed by atoms with Crippen molar-refractivity contribution < 1.29 is 0 Å². The van der Waals surface area contributed by atoms with Gasteiger partial charge in [0.1, 0.15) is 0 Å². The molecule has 0 spiro atoms. The quantitative estimate of drug-likeness (QED) is 0.404. The number of nitrogens with zero attached hydrogens (tertiary/aromatic N) is 1. The van der Waals surface area contributed by atoms with Gasteiger partial charge in [0.25, 0.3) is 0 Å². The van der Waals surface area contributed by atoms with E-state index in [2.05, 4.69) is 25.7 Å². The Balaban J connectivity index is 4.39. The van der Waals surface area contributed by atoms with E-state index in [0.29, 0.717) is 0 Å². The van der Waals surface area contributed by atoms with E-state index in [9.17, 15) is 0 Å². The normalized spacial score (nSPS) is 13.0. The summed E-state index contributed by atoms with van der Waals surface area (Å²) in [6, 6.07) is 2.21. The van der Waals surface area contributed by atoms with Crippen molar-refractivity contribution in [1.29, 1.82) is 5.26 Å². The van der Waals surface area contributed by atoms with Crippen LogP contribution >= 0.6 is 0 Å². The lowest BCUT2D eigenvalue weighted by atomic mass is 10.6. The first-order valence-electron chi connectivity index (χ1n) is 3.09. The molecule has 0 heterocycles. The molecule has 0 aromatic rings. The van der Waals surface area contributed by atoms with Crippen molar-refractivity contribution in [3.05, 3.63) is 11.3 Å². The van der Waals surface area contributed by atoms with Gasteiger partial charge in [0.2, 0.25) is 0 Å². The standard InChI is InChI=1S/C7H13NSi/c1-5-7(6-8)9(2,3)4/h5H,1-4H3/b7-5-. The van der Waals surface area contributed by atoms with Gasteiger partial charge in [0.05, 0.1) is 14.1 Å². The highest BCUT2D eigenvalue weighted by atomic mass is 28.3. The molecule has 0 saturated carbocycles. The second kappa shape index (κ2) is 2.84. The van der Waals surface area contributed by atoms with Crippen LogP contribution in [-0.4, -0.2) is 8.07 Å². The highest BCUT2D eigenvalue weighted by Gasteiger charge is 2.17. The second-order valence-electron chi connectivity index (χ2n) is 3.06. The molecule has 0 atom stereocenters. The third-order valence-electron chi connectivity index (χ3n) is 1.22. The largest absolute Gasteiger partial charge is 0.193 e. The number of hydrogen-bond acceptors (Lipinski definition) is 1. The molecule has 0 aliphatic heterocycles. The Kier molecular flexibility index (Phi) is 2.66. The molecule has 0 unspecified atom stereocenters. The van der Waals surface area contributed by atoms with Gasteiger partial charge in [-0.25, -0.2) is 0 Å². The molecule has 0 aliphatic carbocycles. The third kappa shape index (κ3) is 2.48. The van der Waals surface area contributed by atoms with Gasteiger partial charge in [-0.2, -0.15) is 5.26 Å². The van der Waals surface area contributed by atoms with Gasteiger partial charge in [-0.15, -0.1) is 0 Å². The molecule has 0 N–H and O–H groups in total. The monoisotopic (exact) mass is 139 g/mol. The van der Waals surface area contributed by atoms with Crippen LogP contribution in [0.4, 0.5) is 0 Å². The average molecular weight is 139 g/mol.